The molecule has 0 fully saturated rings. The molecule has 1 aromatic carbocycles. The van der Waals surface area contributed by atoms with Gasteiger partial charge in [-0.1, -0.05) is 0 Å². The third kappa shape index (κ3) is 3.00. The van der Waals surface area contributed by atoms with Crippen LogP contribution in [0.4, 0.5) is 8.78 Å². The fourth-order valence-corrected chi connectivity index (χ4v) is 1.52. The summed E-state index contributed by atoms with van der Waals surface area (Å²) in [5.41, 5.74) is 5.42. The first-order chi connectivity index (χ1) is 8.01. The Morgan fingerprint density at radius 2 is 2.18 bits per heavy atom. The van der Waals surface area contributed by atoms with Crippen molar-refractivity contribution in [2.75, 3.05) is 13.7 Å². The number of benzene rings is 1. The highest BCUT2D eigenvalue weighted by Crippen LogP contribution is 2.29. The van der Waals surface area contributed by atoms with Crippen molar-refractivity contribution in [3.63, 3.8) is 0 Å². The lowest BCUT2D eigenvalue weighted by Crippen LogP contribution is -2.11. The van der Waals surface area contributed by atoms with Gasteiger partial charge in [-0.15, -0.1) is 0 Å². The molecular formula is C12H15F2NO2. The number of ketones is 1. The number of hydrogen-bond acceptors (Lipinski definition) is 3. The van der Waals surface area contributed by atoms with Gasteiger partial charge < -0.3 is 10.5 Å². The van der Waals surface area contributed by atoms with E-state index in [9.17, 15) is 13.6 Å². The highest BCUT2D eigenvalue weighted by Gasteiger charge is 2.19. The van der Waals surface area contributed by atoms with Gasteiger partial charge in [0, 0.05) is 6.42 Å². The molecule has 0 radical (unpaired) electrons. The third-order valence-corrected chi connectivity index (χ3v) is 2.40. The molecule has 0 aliphatic rings. The summed E-state index contributed by atoms with van der Waals surface area (Å²) in [6, 6.07) is 2.34. The zero-order chi connectivity index (χ0) is 13.0. The lowest BCUT2D eigenvalue weighted by molar-refractivity contribution is 0.0981. The monoisotopic (exact) mass is 243 g/mol. The van der Waals surface area contributed by atoms with Crippen LogP contribution in [0.15, 0.2) is 12.1 Å². The molecule has 17 heavy (non-hydrogen) atoms. The van der Waals surface area contributed by atoms with E-state index >= 15 is 0 Å². The molecule has 0 heterocycles. The number of ether oxygens (including phenoxy) is 1. The fourth-order valence-electron chi connectivity index (χ4n) is 1.52. The van der Waals surface area contributed by atoms with E-state index < -0.39 is 12.0 Å². The van der Waals surface area contributed by atoms with E-state index in [2.05, 4.69) is 0 Å². The average Bonchev–Trinajstić information content (AvgIpc) is 2.28. The quantitative estimate of drug-likeness (QED) is 0.808. The van der Waals surface area contributed by atoms with E-state index in [1.54, 1.807) is 0 Å². The average molecular weight is 243 g/mol. The van der Waals surface area contributed by atoms with Gasteiger partial charge >= 0.3 is 0 Å². The minimum Gasteiger partial charge on any atom is -0.493 e. The minimum absolute atomic E-state index is 0.0393. The van der Waals surface area contributed by atoms with E-state index in [0.717, 1.165) is 6.07 Å². The first kappa shape index (κ1) is 13.6. The lowest BCUT2D eigenvalue weighted by atomic mass is 10.0. The van der Waals surface area contributed by atoms with Gasteiger partial charge in [-0.3, -0.25) is 4.79 Å². The summed E-state index contributed by atoms with van der Waals surface area (Å²) in [5.74, 6) is -1.26. The number of carbonyl (C=O) groups excluding carboxylic acids is 1. The summed E-state index contributed by atoms with van der Waals surface area (Å²) < 4.78 is 31.6. The molecule has 2 N–H and O–H groups in total. The molecule has 1 rings (SSSR count). The van der Waals surface area contributed by atoms with Gasteiger partial charge in [-0.2, -0.15) is 0 Å². The van der Waals surface area contributed by atoms with Gasteiger partial charge in [0.2, 0.25) is 0 Å². The van der Waals surface area contributed by atoms with E-state index in [4.69, 9.17) is 10.5 Å². The highest BCUT2D eigenvalue weighted by molar-refractivity contribution is 5.99. The van der Waals surface area contributed by atoms with Crippen molar-refractivity contribution in [1.29, 1.82) is 0 Å². The number of Topliss-reactive ketones (excluding diaryl/α,β-unsaturated/α-hetero) is 1. The van der Waals surface area contributed by atoms with E-state index in [-0.39, 0.29) is 35.6 Å². The summed E-state index contributed by atoms with van der Waals surface area (Å²) in [7, 11) is 1.26. The summed E-state index contributed by atoms with van der Waals surface area (Å²) in [5, 5.41) is 0. The maximum Gasteiger partial charge on any atom is 0.167 e. The molecule has 1 atom stereocenters. The second-order valence-corrected chi connectivity index (χ2v) is 3.66. The van der Waals surface area contributed by atoms with Crippen LogP contribution >= 0.6 is 0 Å². The predicted molar refractivity (Wildman–Crippen MR) is 60.5 cm³/mol. The van der Waals surface area contributed by atoms with Gasteiger partial charge in [0.25, 0.3) is 0 Å². The van der Waals surface area contributed by atoms with E-state index in [1.165, 1.54) is 20.1 Å². The van der Waals surface area contributed by atoms with Crippen LogP contribution in [0.2, 0.25) is 0 Å². The highest BCUT2D eigenvalue weighted by atomic mass is 19.1. The molecule has 0 bridgehead atoms. The third-order valence-electron chi connectivity index (χ3n) is 2.40. The molecule has 0 aromatic heterocycles. The van der Waals surface area contributed by atoms with E-state index in [1.807, 2.05) is 0 Å². The van der Waals surface area contributed by atoms with Crippen molar-refractivity contribution in [2.24, 2.45) is 5.73 Å². The van der Waals surface area contributed by atoms with Crippen LogP contribution in [0, 0.1) is 5.82 Å². The van der Waals surface area contributed by atoms with Crippen molar-refractivity contribution in [3.05, 3.63) is 29.1 Å². The summed E-state index contributed by atoms with van der Waals surface area (Å²) >= 11 is 0. The van der Waals surface area contributed by atoms with Crippen LogP contribution in [-0.2, 0) is 0 Å². The Morgan fingerprint density at radius 3 is 2.65 bits per heavy atom. The number of alkyl halides is 1. The number of carbonyl (C=O) groups is 1. The lowest BCUT2D eigenvalue weighted by Gasteiger charge is -2.11. The van der Waals surface area contributed by atoms with Crippen molar-refractivity contribution in [1.82, 2.24) is 0 Å². The Kier molecular flexibility index (Phi) is 4.57. The first-order valence-electron chi connectivity index (χ1n) is 5.26. The summed E-state index contributed by atoms with van der Waals surface area (Å²) in [6.45, 7) is 1.43. The van der Waals surface area contributed by atoms with Crippen LogP contribution < -0.4 is 10.5 Å². The number of nitrogens with two attached hydrogens (primary N) is 1. The zero-order valence-corrected chi connectivity index (χ0v) is 9.80. The van der Waals surface area contributed by atoms with Crippen molar-refractivity contribution in [3.8, 4) is 5.75 Å². The number of methoxy groups -OCH3 is 1. The van der Waals surface area contributed by atoms with Crippen LogP contribution in [-0.4, -0.2) is 19.4 Å². The molecule has 0 saturated heterocycles. The zero-order valence-electron chi connectivity index (χ0n) is 9.80. The maximum atomic E-state index is 13.6. The van der Waals surface area contributed by atoms with Gasteiger partial charge in [0.1, 0.15) is 6.17 Å². The van der Waals surface area contributed by atoms with Gasteiger partial charge in [-0.25, -0.2) is 8.78 Å². The predicted octanol–water partition coefficient (Wildman–Crippen LogP) is 2.40. The van der Waals surface area contributed by atoms with Crippen LogP contribution in [0.25, 0.3) is 0 Å². The molecule has 0 amide bonds. The molecule has 1 unspecified atom stereocenters. The Balaban J connectivity index is 3.28. The molecule has 94 valence electrons. The molecule has 0 saturated carbocycles. The largest absolute Gasteiger partial charge is 0.493 e. The molecule has 3 nitrogen and oxygen atoms in total. The molecular weight excluding hydrogens is 228 g/mol. The van der Waals surface area contributed by atoms with Gasteiger partial charge in [-0.05, 0) is 31.2 Å². The topological polar surface area (TPSA) is 52.3 Å². The second kappa shape index (κ2) is 5.72. The number of rotatable bonds is 5. The normalized spacial score (nSPS) is 12.3. The molecule has 5 heteroatoms. The SMILES string of the molecule is COc1c(F)cc(C(C)F)cc1C(=O)CCN. The maximum absolute atomic E-state index is 13.6. The standard InChI is InChI=1S/C12H15F2NO2/c1-7(13)8-5-9(11(16)3-4-15)12(17-2)10(14)6-8/h5-7H,3-4,15H2,1-2H3. The van der Waals surface area contributed by atoms with Gasteiger partial charge in [0.15, 0.2) is 17.3 Å². The van der Waals surface area contributed by atoms with Crippen molar-refractivity contribution in [2.45, 2.75) is 19.5 Å². The van der Waals surface area contributed by atoms with Crippen LogP contribution in [0.5, 0.6) is 5.75 Å². The fraction of sp³-hybridized carbons (Fsp3) is 0.417. The molecule has 0 aliphatic heterocycles. The summed E-state index contributed by atoms with van der Waals surface area (Å²) in [4.78, 5) is 11.7. The Morgan fingerprint density at radius 1 is 1.53 bits per heavy atom. The number of halogens is 2. The van der Waals surface area contributed by atoms with Crippen LogP contribution in [0.3, 0.4) is 0 Å². The van der Waals surface area contributed by atoms with Crippen molar-refractivity contribution < 1.29 is 18.3 Å². The summed E-state index contributed by atoms with van der Waals surface area (Å²) in [6.07, 6.45) is -1.28. The smallest absolute Gasteiger partial charge is 0.167 e. The Bertz CT molecular complexity index is 419. The van der Waals surface area contributed by atoms with Crippen molar-refractivity contribution >= 4 is 5.78 Å². The van der Waals surface area contributed by atoms with Crippen LogP contribution in [0.1, 0.15) is 35.4 Å². The molecule has 0 aliphatic carbocycles. The first-order valence-corrected chi connectivity index (χ1v) is 5.26. The minimum atomic E-state index is -1.35. The molecule has 1 aromatic rings. The second-order valence-electron chi connectivity index (χ2n) is 3.66. The van der Waals surface area contributed by atoms with E-state index in [0.29, 0.717) is 0 Å². The molecule has 0 spiro atoms. The Labute approximate surface area is 98.6 Å². The number of hydrogen-bond donors (Lipinski definition) is 1. The Hall–Kier alpha value is -1.49. The van der Waals surface area contributed by atoms with Gasteiger partial charge in [0.05, 0.1) is 12.7 Å².